The lowest BCUT2D eigenvalue weighted by molar-refractivity contribution is -0.180. The molecule has 3 rings (SSSR count). The molecule has 0 saturated carbocycles. The average Bonchev–Trinajstić information content (AvgIpc) is 2.80. The predicted molar refractivity (Wildman–Crippen MR) is 122 cm³/mol. The Morgan fingerprint density at radius 2 is 1.44 bits per heavy atom. The molecule has 0 aliphatic rings. The zero-order chi connectivity index (χ0) is 24.7. The van der Waals surface area contributed by atoms with Crippen molar-refractivity contribution in [3.63, 3.8) is 0 Å². The van der Waals surface area contributed by atoms with E-state index >= 15 is 0 Å². The van der Waals surface area contributed by atoms with Gasteiger partial charge in [-0.3, -0.25) is 0 Å². The normalized spacial score (nSPS) is 11.6. The lowest BCUT2D eigenvalue weighted by Crippen LogP contribution is -2.25. The maximum absolute atomic E-state index is 14.5. The molecule has 0 bridgehead atoms. The molecule has 3 aromatic carbocycles. The van der Waals surface area contributed by atoms with Crippen molar-refractivity contribution in [2.24, 2.45) is 0 Å². The van der Waals surface area contributed by atoms with Gasteiger partial charge < -0.3 is 9.47 Å². The largest absolute Gasteiger partial charge is 0.491 e. The molecule has 0 fully saturated rings. The van der Waals surface area contributed by atoms with Crippen molar-refractivity contribution in [2.45, 2.75) is 52.1 Å². The van der Waals surface area contributed by atoms with Crippen LogP contribution in [0.3, 0.4) is 0 Å². The minimum absolute atomic E-state index is 0.0144. The van der Waals surface area contributed by atoms with Gasteiger partial charge in [-0.15, -0.1) is 0 Å². The third-order valence-electron chi connectivity index (χ3n) is 5.36. The first-order chi connectivity index (χ1) is 16.2. The van der Waals surface area contributed by atoms with Crippen LogP contribution in [-0.2, 0) is 12.8 Å². The summed E-state index contributed by atoms with van der Waals surface area (Å²) in [6.45, 7) is 3.82. The molecule has 0 saturated heterocycles. The number of halogens is 5. The van der Waals surface area contributed by atoms with Crippen molar-refractivity contribution in [1.29, 1.82) is 0 Å². The van der Waals surface area contributed by atoms with Crippen molar-refractivity contribution in [1.82, 2.24) is 0 Å². The SMILES string of the molecule is CCCc1ccc(OC(F)(F)CCc2ccc(-c3ccc(OCC)c(F)c3C(F)F)cc2)cc1. The molecule has 34 heavy (non-hydrogen) atoms. The number of hydrogen-bond donors (Lipinski definition) is 0. The molecular formula is C27H27F5O2. The van der Waals surface area contributed by atoms with Crippen LogP contribution < -0.4 is 9.47 Å². The fourth-order valence-corrected chi connectivity index (χ4v) is 3.68. The summed E-state index contributed by atoms with van der Waals surface area (Å²) in [6.07, 6.45) is -5.11. The van der Waals surface area contributed by atoms with Crippen molar-refractivity contribution in [3.8, 4) is 22.6 Å². The summed E-state index contributed by atoms with van der Waals surface area (Å²) in [6, 6.07) is 15.4. The van der Waals surface area contributed by atoms with Crippen LogP contribution in [0.5, 0.6) is 11.5 Å². The molecule has 0 heterocycles. The number of benzene rings is 3. The van der Waals surface area contributed by atoms with Gasteiger partial charge in [-0.2, -0.15) is 8.78 Å². The molecule has 0 N–H and O–H groups in total. The Bertz CT molecular complexity index is 1060. The highest BCUT2D eigenvalue weighted by Crippen LogP contribution is 2.37. The summed E-state index contributed by atoms with van der Waals surface area (Å²) in [7, 11) is 0. The molecule has 3 aromatic rings. The first-order valence-corrected chi connectivity index (χ1v) is 11.2. The molecular weight excluding hydrogens is 451 g/mol. The minimum Gasteiger partial charge on any atom is -0.491 e. The van der Waals surface area contributed by atoms with Crippen LogP contribution in [0.15, 0.2) is 60.7 Å². The van der Waals surface area contributed by atoms with Gasteiger partial charge in [0.2, 0.25) is 0 Å². The van der Waals surface area contributed by atoms with Crippen LogP contribution >= 0.6 is 0 Å². The van der Waals surface area contributed by atoms with Gasteiger partial charge in [-0.1, -0.05) is 49.7 Å². The molecule has 182 valence electrons. The number of aryl methyl sites for hydroxylation is 2. The standard InChI is InChI=1S/C27H27F5O2/c1-3-5-18-8-12-21(13-9-18)34-27(31,32)17-16-19-6-10-20(11-7-19)22-14-15-23(33-4-2)25(28)24(22)26(29)30/h6-15,26H,3-5,16-17H2,1-2H3. The van der Waals surface area contributed by atoms with Gasteiger partial charge in [-0.05, 0) is 66.3 Å². The van der Waals surface area contributed by atoms with E-state index in [4.69, 9.17) is 9.47 Å². The van der Waals surface area contributed by atoms with Crippen LogP contribution in [0.2, 0.25) is 0 Å². The van der Waals surface area contributed by atoms with E-state index in [2.05, 4.69) is 0 Å². The first kappa shape index (κ1) is 25.5. The van der Waals surface area contributed by atoms with Gasteiger partial charge in [0.25, 0.3) is 6.43 Å². The molecule has 0 aromatic heterocycles. The highest BCUT2D eigenvalue weighted by Gasteiger charge is 2.31. The van der Waals surface area contributed by atoms with Gasteiger partial charge in [0.05, 0.1) is 18.6 Å². The molecule has 0 atom stereocenters. The third kappa shape index (κ3) is 6.49. The summed E-state index contributed by atoms with van der Waals surface area (Å²) >= 11 is 0. The Balaban J connectivity index is 1.68. The average molecular weight is 479 g/mol. The minimum atomic E-state index is -3.37. The Kier molecular flexibility index (Phi) is 8.53. The van der Waals surface area contributed by atoms with E-state index in [1.807, 2.05) is 6.92 Å². The smallest absolute Gasteiger partial charge is 0.398 e. The lowest BCUT2D eigenvalue weighted by atomic mass is 9.97. The summed E-state index contributed by atoms with van der Waals surface area (Å²) in [5.41, 5.74) is 1.28. The maximum atomic E-state index is 14.5. The van der Waals surface area contributed by atoms with Gasteiger partial charge in [0.1, 0.15) is 5.75 Å². The molecule has 0 aliphatic carbocycles. The fourth-order valence-electron chi connectivity index (χ4n) is 3.68. The van der Waals surface area contributed by atoms with Crippen LogP contribution in [0, 0.1) is 5.82 Å². The summed E-state index contributed by atoms with van der Waals surface area (Å²) < 4.78 is 80.2. The third-order valence-corrected chi connectivity index (χ3v) is 5.36. The highest BCUT2D eigenvalue weighted by atomic mass is 19.3. The Hall–Kier alpha value is -3.09. The Labute approximate surface area is 196 Å². The summed E-state index contributed by atoms with van der Waals surface area (Å²) in [4.78, 5) is 0. The maximum Gasteiger partial charge on any atom is 0.398 e. The monoisotopic (exact) mass is 478 g/mol. The fraction of sp³-hybridized carbons (Fsp3) is 0.333. The van der Waals surface area contributed by atoms with Crippen LogP contribution in [0.1, 0.15) is 49.8 Å². The van der Waals surface area contributed by atoms with E-state index in [0.717, 1.165) is 18.4 Å². The van der Waals surface area contributed by atoms with Gasteiger partial charge in [0.15, 0.2) is 11.6 Å². The van der Waals surface area contributed by atoms with Crippen molar-refractivity contribution in [3.05, 3.63) is 83.2 Å². The Morgan fingerprint density at radius 1 is 0.824 bits per heavy atom. The number of hydrogen-bond acceptors (Lipinski definition) is 2. The van der Waals surface area contributed by atoms with Crippen molar-refractivity contribution in [2.75, 3.05) is 6.61 Å². The summed E-state index contributed by atoms with van der Waals surface area (Å²) in [5.74, 6) is -1.24. The second-order valence-electron chi connectivity index (χ2n) is 7.90. The van der Waals surface area contributed by atoms with Crippen molar-refractivity contribution < 1.29 is 31.4 Å². The number of alkyl halides is 4. The molecule has 7 heteroatoms. The molecule has 0 amide bonds. The van der Waals surface area contributed by atoms with E-state index in [0.29, 0.717) is 11.1 Å². The molecule has 0 spiro atoms. The van der Waals surface area contributed by atoms with Crippen LogP contribution in [-0.4, -0.2) is 12.7 Å². The van der Waals surface area contributed by atoms with Gasteiger partial charge in [0, 0.05) is 0 Å². The van der Waals surface area contributed by atoms with E-state index < -0.39 is 30.3 Å². The second-order valence-corrected chi connectivity index (χ2v) is 7.90. The topological polar surface area (TPSA) is 18.5 Å². The number of rotatable bonds is 11. The molecule has 0 aliphatic heterocycles. The van der Waals surface area contributed by atoms with E-state index in [1.54, 1.807) is 31.2 Å². The second kappa shape index (κ2) is 11.4. The zero-order valence-corrected chi connectivity index (χ0v) is 19.1. The lowest BCUT2D eigenvalue weighted by Gasteiger charge is -2.18. The molecule has 0 radical (unpaired) electrons. The first-order valence-electron chi connectivity index (χ1n) is 11.2. The van der Waals surface area contributed by atoms with Crippen LogP contribution in [0.4, 0.5) is 22.0 Å². The van der Waals surface area contributed by atoms with E-state index in [-0.39, 0.29) is 30.1 Å². The highest BCUT2D eigenvalue weighted by molar-refractivity contribution is 5.69. The van der Waals surface area contributed by atoms with E-state index in [1.165, 1.54) is 36.4 Å². The quantitative estimate of drug-likeness (QED) is 0.258. The Morgan fingerprint density at radius 3 is 2.03 bits per heavy atom. The zero-order valence-electron chi connectivity index (χ0n) is 19.1. The van der Waals surface area contributed by atoms with Crippen molar-refractivity contribution >= 4 is 0 Å². The van der Waals surface area contributed by atoms with Gasteiger partial charge >= 0.3 is 6.11 Å². The molecule has 0 unspecified atom stereocenters. The van der Waals surface area contributed by atoms with Gasteiger partial charge in [-0.25, -0.2) is 13.2 Å². The van der Waals surface area contributed by atoms with Crippen LogP contribution in [0.25, 0.3) is 11.1 Å². The molecule has 2 nitrogen and oxygen atoms in total. The van der Waals surface area contributed by atoms with E-state index in [9.17, 15) is 22.0 Å². The summed E-state index contributed by atoms with van der Waals surface area (Å²) in [5, 5.41) is 0. The predicted octanol–water partition coefficient (Wildman–Crippen LogP) is 8.39. The number of ether oxygens (including phenoxy) is 2.